The monoisotopic (exact) mass is 337 g/mol. The van der Waals surface area contributed by atoms with Gasteiger partial charge in [0.05, 0.1) is 23.7 Å². The van der Waals surface area contributed by atoms with Gasteiger partial charge in [-0.25, -0.2) is 9.78 Å². The minimum absolute atomic E-state index is 0.147. The van der Waals surface area contributed by atoms with Crippen molar-refractivity contribution >= 4 is 28.6 Å². The number of carbonyl (C=O) groups excluding carboxylic acids is 2. The third-order valence-electron chi connectivity index (χ3n) is 4.08. The predicted molar refractivity (Wildman–Crippen MR) is 95.6 cm³/mol. The van der Waals surface area contributed by atoms with E-state index in [-0.39, 0.29) is 12.5 Å². The molecule has 1 amide bonds. The van der Waals surface area contributed by atoms with Crippen LogP contribution >= 0.6 is 0 Å². The van der Waals surface area contributed by atoms with Gasteiger partial charge in [-0.1, -0.05) is 18.2 Å². The number of para-hydroxylation sites is 2. The number of rotatable bonds is 4. The summed E-state index contributed by atoms with van der Waals surface area (Å²) in [5, 5.41) is 2.86. The highest BCUT2D eigenvalue weighted by atomic mass is 16.5. The molecule has 3 rings (SSSR count). The van der Waals surface area contributed by atoms with Crippen molar-refractivity contribution in [2.75, 3.05) is 12.4 Å². The van der Waals surface area contributed by atoms with Crippen molar-refractivity contribution in [3.63, 3.8) is 0 Å². The predicted octanol–water partition coefficient (Wildman–Crippen LogP) is 3.08. The highest BCUT2D eigenvalue weighted by Gasteiger charge is 2.13. The summed E-state index contributed by atoms with van der Waals surface area (Å²) in [5.74, 6) is 0.152. The molecule has 0 saturated carbocycles. The smallest absolute Gasteiger partial charge is 0.337 e. The fourth-order valence-electron chi connectivity index (χ4n) is 2.73. The maximum absolute atomic E-state index is 12.5. The van der Waals surface area contributed by atoms with E-state index in [0.717, 1.165) is 22.4 Å². The van der Waals surface area contributed by atoms with E-state index in [1.165, 1.54) is 7.11 Å². The number of nitrogens with one attached hydrogen (secondary N) is 1. The first-order chi connectivity index (χ1) is 12.0. The SMILES string of the molecule is COC(=O)c1ccc(C)c(NC(=O)Cn2c(C)nc3ccccc32)c1. The molecule has 2 aromatic carbocycles. The largest absolute Gasteiger partial charge is 0.465 e. The van der Waals surface area contributed by atoms with Gasteiger partial charge in [-0.3, -0.25) is 4.79 Å². The van der Waals surface area contributed by atoms with E-state index in [4.69, 9.17) is 4.74 Å². The number of methoxy groups -OCH3 is 1. The van der Waals surface area contributed by atoms with Crippen LogP contribution < -0.4 is 5.32 Å². The summed E-state index contributed by atoms with van der Waals surface area (Å²) in [4.78, 5) is 28.6. The molecule has 0 aliphatic rings. The van der Waals surface area contributed by atoms with Crippen molar-refractivity contribution in [1.82, 2.24) is 9.55 Å². The molecule has 128 valence electrons. The summed E-state index contributed by atoms with van der Waals surface area (Å²) in [6, 6.07) is 12.8. The lowest BCUT2D eigenvalue weighted by atomic mass is 10.1. The lowest BCUT2D eigenvalue weighted by Gasteiger charge is -2.11. The number of amides is 1. The Labute approximate surface area is 145 Å². The molecule has 0 unspecified atom stereocenters. The number of aryl methyl sites for hydroxylation is 2. The second-order valence-corrected chi connectivity index (χ2v) is 5.80. The Bertz CT molecular complexity index is 960. The van der Waals surface area contributed by atoms with Crippen LogP contribution in [0.2, 0.25) is 0 Å². The molecule has 6 heteroatoms. The van der Waals surface area contributed by atoms with E-state index >= 15 is 0 Å². The summed E-state index contributed by atoms with van der Waals surface area (Å²) < 4.78 is 6.59. The molecule has 0 saturated heterocycles. The highest BCUT2D eigenvalue weighted by molar-refractivity contribution is 5.95. The van der Waals surface area contributed by atoms with Crippen molar-refractivity contribution in [3.8, 4) is 0 Å². The van der Waals surface area contributed by atoms with Gasteiger partial charge in [-0.2, -0.15) is 0 Å². The standard InChI is InChI=1S/C19H19N3O3/c1-12-8-9-14(19(24)25-3)10-16(12)21-18(23)11-22-13(2)20-15-6-4-5-7-17(15)22/h4-10H,11H2,1-3H3,(H,21,23). The molecule has 6 nitrogen and oxygen atoms in total. The van der Waals surface area contributed by atoms with Gasteiger partial charge in [0.1, 0.15) is 12.4 Å². The molecule has 1 aromatic heterocycles. The average Bonchev–Trinajstić information content (AvgIpc) is 2.92. The van der Waals surface area contributed by atoms with E-state index in [2.05, 4.69) is 10.3 Å². The molecule has 1 N–H and O–H groups in total. The topological polar surface area (TPSA) is 73.2 Å². The molecule has 0 aliphatic carbocycles. The minimum atomic E-state index is -0.438. The molecule has 0 spiro atoms. The van der Waals surface area contributed by atoms with Crippen molar-refractivity contribution in [2.24, 2.45) is 0 Å². The molecule has 25 heavy (non-hydrogen) atoms. The number of ether oxygens (including phenoxy) is 1. The van der Waals surface area contributed by atoms with E-state index in [1.807, 2.05) is 42.7 Å². The molecule has 1 heterocycles. The third kappa shape index (κ3) is 3.38. The van der Waals surface area contributed by atoms with Crippen LogP contribution in [0.1, 0.15) is 21.7 Å². The first kappa shape index (κ1) is 16.7. The van der Waals surface area contributed by atoms with Crippen LogP contribution in [-0.2, 0) is 16.1 Å². The molecular formula is C19H19N3O3. The summed E-state index contributed by atoms with van der Waals surface area (Å²) in [6.45, 7) is 3.89. The molecular weight excluding hydrogens is 318 g/mol. The number of nitrogens with zero attached hydrogens (tertiary/aromatic N) is 2. The zero-order chi connectivity index (χ0) is 18.0. The summed E-state index contributed by atoms with van der Waals surface area (Å²) >= 11 is 0. The summed E-state index contributed by atoms with van der Waals surface area (Å²) in [6.07, 6.45) is 0. The van der Waals surface area contributed by atoms with Crippen LogP contribution in [0.15, 0.2) is 42.5 Å². The van der Waals surface area contributed by atoms with Gasteiger partial charge in [-0.15, -0.1) is 0 Å². The normalized spacial score (nSPS) is 10.7. The number of fused-ring (bicyclic) bond motifs is 1. The molecule has 0 atom stereocenters. The number of hydrogen-bond acceptors (Lipinski definition) is 4. The van der Waals surface area contributed by atoms with Gasteiger partial charge in [0.15, 0.2) is 0 Å². The Hall–Kier alpha value is -3.15. The number of imidazole rings is 1. The quantitative estimate of drug-likeness (QED) is 0.743. The Kier molecular flexibility index (Phi) is 4.52. The fraction of sp³-hybridized carbons (Fsp3) is 0.211. The van der Waals surface area contributed by atoms with Gasteiger partial charge < -0.3 is 14.6 Å². The van der Waals surface area contributed by atoms with Crippen molar-refractivity contribution in [2.45, 2.75) is 20.4 Å². The summed E-state index contributed by atoms with van der Waals surface area (Å²) in [5.41, 5.74) is 3.63. The summed E-state index contributed by atoms with van der Waals surface area (Å²) in [7, 11) is 1.33. The zero-order valence-electron chi connectivity index (χ0n) is 14.4. The molecule has 0 aliphatic heterocycles. The van der Waals surface area contributed by atoms with Crippen molar-refractivity contribution in [1.29, 1.82) is 0 Å². The number of carbonyl (C=O) groups is 2. The number of anilines is 1. The first-order valence-corrected chi connectivity index (χ1v) is 7.90. The minimum Gasteiger partial charge on any atom is -0.465 e. The van der Waals surface area contributed by atoms with Gasteiger partial charge in [0.25, 0.3) is 0 Å². The van der Waals surface area contributed by atoms with Crippen LogP contribution in [-0.4, -0.2) is 28.5 Å². The van der Waals surface area contributed by atoms with Gasteiger partial charge >= 0.3 is 5.97 Å². The number of esters is 1. The zero-order valence-corrected chi connectivity index (χ0v) is 14.4. The van der Waals surface area contributed by atoms with Crippen LogP contribution in [0, 0.1) is 13.8 Å². The first-order valence-electron chi connectivity index (χ1n) is 7.90. The maximum atomic E-state index is 12.5. The lowest BCUT2D eigenvalue weighted by molar-refractivity contribution is -0.116. The van der Waals surface area contributed by atoms with Gasteiger partial charge in [0.2, 0.25) is 5.91 Å². The average molecular weight is 337 g/mol. The van der Waals surface area contributed by atoms with Crippen LogP contribution in [0.5, 0.6) is 0 Å². The van der Waals surface area contributed by atoms with Crippen molar-refractivity contribution < 1.29 is 14.3 Å². The Balaban J connectivity index is 1.83. The lowest BCUT2D eigenvalue weighted by Crippen LogP contribution is -2.20. The second kappa shape index (κ2) is 6.76. The molecule has 3 aromatic rings. The highest BCUT2D eigenvalue weighted by Crippen LogP contribution is 2.19. The molecule has 0 fully saturated rings. The van der Waals surface area contributed by atoms with Crippen LogP contribution in [0.4, 0.5) is 5.69 Å². The third-order valence-corrected chi connectivity index (χ3v) is 4.08. The van der Waals surface area contributed by atoms with E-state index in [0.29, 0.717) is 11.3 Å². The van der Waals surface area contributed by atoms with Crippen molar-refractivity contribution in [3.05, 3.63) is 59.4 Å². The number of aromatic nitrogens is 2. The second-order valence-electron chi connectivity index (χ2n) is 5.80. The Morgan fingerprint density at radius 2 is 1.92 bits per heavy atom. The van der Waals surface area contributed by atoms with E-state index < -0.39 is 5.97 Å². The number of benzene rings is 2. The molecule has 0 bridgehead atoms. The van der Waals surface area contributed by atoms with Crippen LogP contribution in [0.3, 0.4) is 0 Å². The Morgan fingerprint density at radius 1 is 1.16 bits per heavy atom. The van der Waals surface area contributed by atoms with Gasteiger partial charge in [0, 0.05) is 5.69 Å². The maximum Gasteiger partial charge on any atom is 0.337 e. The fourth-order valence-corrected chi connectivity index (χ4v) is 2.73. The van der Waals surface area contributed by atoms with E-state index in [1.54, 1.807) is 18.2 Å². The Morgan fingerprint density at radius 3 is 2.68 bits per heavy atom. The van der Waals surface area contributed by atoms with E-state index in [9.17, 15) is 9.59 Å². The van der Waals surface area contributed by atoms with Gasteiger partial charge in [-0.05, 0) is 43.7 Å². The number of hydrogen-bond donors (Lipinski definition) is 1. The van der Waals surface area contributed by atoms with Crippen LogP contribution in [0.25, 0.3) is 11.0 Å². The molecule has 0 radical (unpaired) electrons.